The standard InChI is InChI=1S/C23H26BrN3O5S/c1-3-13-25-22(29)16(2)26(15-17-8-10-18(24)11-9-17)21(28)12-14-27-23(30)19-6-4-5-7-20(19)33(27,31)32/h4-11,16H,3,12-15H2,1-2H3,(H,25,29)/t16-/m1/s1. The molecule has 0 saturated heterocycles. The van der Waals surface area contributed by atoms with Gasteiger partial charge in [-0.15, -0.1) is 0 Å². The number of rotatable bonds is 9. The van der Waals surface area contributed by atoms with Crippen molar-refractivity contribution in [3.8, 4) is 0 Å². The Bertz CT molecular complexity index is 1150. The number of benzene rings is 2. The van der Waals surface area contributed by atoms with E-state index in [4.69, 9.17) is 0 Å². The molecule has 0 aromatic heterocycles. The Morgan fingerprint density at radius 2 is 1.79 bits per heavy atom. The number of sulfonamides is 1. The minimum Gasteiger partial charge on any atom is -0.354 e. The van der Waals surface area contributed by atoms with Crippen LogP contribution in [-0.4, -0.2) is 54.5 Å². The Labute approximate surface area is 202 Å². The van der Waals surface area contributed by atoms with Crippen LogP contribution in [0.15, 0.2) is 57.9 Å². The molecular formula is C23H26BrN3O5S. The van der Waals surface area contributed by atoms with Crippen molar-refractivity contribution in [2.45, 2.75) is 44.2 Å². The van der Waals surface area contributed by atoms with Crippen LogP contribution in [0, 0.1) is 0 Å². The summed E-state index contributed by atoms with van der Waals surface area (Å²) in [4.78, 5) is 39.8. The van der Waals surface area contributed by atoms with Crippen LogP contribution in [0.2, 0.25) is 0 Å². The highest BCUT2D eigenvalue weighted by Crippen LogP contribution is 2.30. The molecule has 1 N–H and O–H groups in total. The largest absolute Gasteiger partial charge is 0.354 e. The average molecular weight is 536 g/mol. The zero-order chi connectivity index (χ0) is 24.2. The highest BCUT2D eigenvalue weighted by atomic mass is 79.9. The van der Waals surface area contributed by atoms with Gasteiger partial charge in [0.2, 0.25) is 11.8 Å². The molecule has 1 atom stereocenters. The summed E-state index contributed by atoms with van der Waals surface area (Å²) in [7, 11) is -4.00. The van der Waals surface area contributed by atoms with Crippen molar-refractivity contribution in [1.82, 2.24) is 14.5 Å². The number of nitrogens with zero attached hydrogens (tertiary/aromatic N) is 2. The molecule has 10 heteroatoms. The van der Waals surface area contributed by atoms with Crippen molar-refractivity contribution >= 4 is 43.7 Å². The number of carbonyl (C=O) groups excluding carboxylic acids is 3. The maximum absolute atomic E-state index is 13.2. The molecule has 0 radical (unpaired) electrons. The van der Waals surface area contributed by atoms with Gasteiger partial charge in [0.25, 0.3) is 15.9 Å². The highest BCUT2D eigenvalue weighted by Gasteiger charge is 2.41. The second-order valence-electron chi connectivity index (χ2n) is 7.74. The van der Waals surface area contributed by atoms with Crippen molar-refractivity contribution in [1.29, 1.82) is 0 Å². The summed E-state index contributed by atoms with van der Waals surface area (Å²) < 4.78 is 27.2. The van der Waals surface area contributed by atoms with E-state index < -0.39 is 27.9 Å². The van der Waals surface area contributed by atoms with Gasteiger partial charge in [0.15, 0.2) is 0 Å². The number of fused-ring (bicyclic) bond motifs is 1. The summed E-state index contributed by atoms with van der Waals surface area (Å²) >= 11 is 3.37. The third-order valence-electron chi connectivity index (χ3n) is 5.42. The molecule has 33 heavy (non-hydrogen) atoms. The van der Waals surface area contributed by atoms with Crippen LogP contribution >= 0.6 is 15.9 Å². The molecule has 0 aliphatic carbocycles. The maximum Gasteiger partial charge on any atom is 0.269 e. The van der Waals surface area contributed by atoms with Crippen LogP contribution in [-0.2, 0) is 26.2 Å². The fraction of sp³-hybridized carbons (Fsp3) is 0.348. The summed E-state index contributed by atoms with van der Waals surface area (Å²) in [5.74, 6) is -1.36. The third kappa shape index (κ3) is 5.44. The first-order valence-electron chi connectivity index (χ1n) is 10.6. The van der Waals surface area contributed by atoms with E-state index in [2.05, 4.69) is 21.2 Å². The van der Waals surface area contributed by atoms with Crippen molar-refractivity contribution in [2.24, 2.45) is 0 Å². The maximum atomic E-state index is 13.2. The third-order valence-corrected chi connectivity index (χ3v) is 7.79. The van der Waals surface area contributed by atoms with Crippen molar-refractivity contribution in [3.05, 3.63) is 64.1 Å². The molecule has 3 rings (SSSR count). The van der Waals surface area contributed by atoms with Gasteiger partial charge in [-0.1, -0.05) is 47.1 Å². The van der Waals surface area contributed by atoms with Crippen LogP contribution in [0.3, 0.4) is 0 Å². The molecular weight excluding hydrogens is 510 g/mol. The molecule has 176 valence electrons. The zero-order valence-corrected chi connectivity index (χ0v) is 20.9. The molecule has 0 fully saturated rings. The lowest BCUT2D eigenvalue weighted by Crippen LogP contribution is -2.48. The number of hydrogen-bond acceptors (Lipinski definition) is 5. The number of nitrogens with one attached hydrogen (secondary N) is 1. The van der Waals surface area contributed by atoms with E-state index in [1.165, 1.54) is 17.0 Å². The Morgan fingerprint density at radius 1 is 1.12 bits per heavy atom. The molecule has 2 aromatic carbocycles. The SMILES string of the molecule is CCCNC(=O)[C@@H](C)N(Cc1ccc(Br)cc1)C(=O)CCN1C(=O)c2ccccc2S1(=O)=O. The van der Waals surface area contributed by atoms with Gasteiger partial charge >= 0.3 is 0 Å². The Balaban J connectivity index is 1.77. The molecule has 1 aliphatic rings. The zero-order valence-electron chi connectivity index (χ0n) is 18.5. The Hall–Kier alpha value is -2.72. The summed E-state index contributed by atoms with van der Waals surface area (Å²) in [6, 6.07) is 12.6. The summed E-state index contributed by atoms with van der Waals surface area (Å²) in [5.41, 5.74) is 0.919. The first-order chi connectivity index (χ1) is 15.7. The molecule has 1 aliphatic heterocycles. The quantitative estimate of drug-likeness (QED) is 0.531. The van der Waals surface area contributed by atoms with Crippen LogP contribution in [0.25, 0.3) is 0 Å². The Morgan fingerprint density at radius 3 is 2.42 bits per heavy atom. The van der Waals surface area contributed by atoms with Crippen molar-refractivity contribution in [3.63, 3.8) is 0 Å². The van der Waals surface area contributed by atoms with E-state index in [-0.39, 0.29) is 35.9 Å². The minimum absolute atomic E-state index is 0.0542. The molecule has 0 bridgehead atoms. The van der Waals surface area contributed by atoms with Gasteiger partial charge in [-0.05, 0) is 43.2 Å². The van der Waals surface area contributed by atoms with E-state index in [0.717, 1.165) is 20.8 Å². The molecule has 3 amide bonds. The van der Waals surface area contributed by atoms with Gasteiger partial charge in [-0.3, -0.25) is 14.4 Å². The normalized spacial score (nSPS) is 15.1. The van der Waals surface area contributed by atoms with E-state index in [1.807, 2.05) is 31.2 Å². The monoisotopic (exact) mass is 535 g/mol. The Kier molecular flexibility index (Phi) is 7.91. The molecule has 8 nitrogen and oxygen atoms in total. The highest BCUT2D eigenvalue weighted by molar-refractivity contribution is 9.10. The fourth-order valence-corrected chi connectivity index (χ4v) is 5.39. The predicted molar refractivity (Wildman–Crippen MR) is 127 cm³/mol. The molecule has 0 saturated carbocycles. The number of amides is 3. The van der Waals surface area contributed by atoms with Crippen LogP contribution < -0.4 is 5.32 Å². The van der Waals surface area contributed by atoms with Gasteiger partial charge in [-0.2, -0.15) is 0 Å². The lowest BCUT2D eigenvalue weighted by atomic mass is 10.1. The average Bonchev–Trinajstić information content (AvgIpc) is 3.00. The second-order valence-corrected chi connectivity index (χ2v) is 10.5. The van der Waals surface area contributed by atoms with Gasteiger partial charge in [0.05, 0.1) is 5.56 Å². The summed E-state index contributed by atoms with van der Waals surface area (Å²) in [6.07, 6.45) is 0.523. The number of carbonyl (C=O) groups is 3. The van der Waals surface area contributed by atoms with Crippen molar-refractivity contribution in [2.75, 3.05) is 13.1 Å². The first-order valence-corrected chi connectivity index (χ1v) is 12.9. The molecule has 0 unspecified atom stereocenters. The first kappa shape index (κ1) is 24.9. The number of hydrogen-bond donors (Lipinski definition) is 1. The summed E-state index contributed by atoms with van der Waals surface area (Å²) in [6.45, 7) is 3.93. The van der Waals surface area contributed by atoms with E-state index >= 15 is 0 Å². The number of halogens is 1. The lowest BCUT2D eigenvalue weighted by Gasteiger charge is -2.29. The van der Waals surface area contributed by atoms with Crippen LogP contribution in [0.5, 0.6) is 0 Å². The van der Waals surface area contributed by atoms with Crippen LogP contribution in [0.1, 0.15) is 42.6 Å². The lowest BCUT2D eigenvalue weighted by molar-refractivity contribution is -0.140. The van der Waals surface area contributed by atoms with Gasteiger partial charge in [0.1, 0.15) is 10.9 Å². The van der Waals surface area contributed by atoms with Gasteiger partial charge < -0.3 is 10.2 Å². The molecule has 0 spiro atoms. The van der Waals surface area contributed by atoms with Crippen LogP contribution in [0.4, 0.5) is 0 Å². The smallest absolute Gasteiger partial charge is 0.269 e. The van der Waals surface area contributed by atoms with Gasteiger partial charge in [-0.25, -0.2) is 12.7 Å². The minimum atomic E-state index is -4.00. The van der Waals surface area contributed by atoms with Gasteiger partial charge in [0, 0.05) is 30.5 Å². The molecule has 1 heterocycles. The second kappa shape index (κ2) is 10.5. The summed E-state index contributed by atoms with van der Waals surface area (Å²) in [5, 5.41) is 2.79. The topological polar surface area (TPSA) is 104 Å². The van der Waals surface area contributed by atoms with E-state index in [1.54, 1.807) is 19.1 Å². The van der Waals surface area contributed by atoms with E-state index in [0.29, 0.717) is 6.54 Å². The fourth-order valence-electron chi connectivity index (χ4n) is 3.56. The van der Waals surface area contributed by atoms with Crippen molar-refractivity contribution < 1.29 is 22.8 Å². The van der Waals surface area contributed by atoms with E-state index in [9.17, 15) is 22.8 Å². The predicted octanol–water partition coefficient (Wildman–Crippen LogP) is 2.93. The molecule has 2 aromatic rings.